The first kappa shape index (κ1) is 16.9. The van der Waals surface area contributed by atoms with E-state index in [1.54, 1.807) is 4.90 Å². The topological polar surface area (TPSA) is 110 Å². The number of aromatic nitrogens is 3. The number of carbonyl (C=O) groups excluding carboxylic acids is 1. The van der Waals surface area contributed by atoms with Crippen LogP contribution in [-0.2, 0) is 17.7 Å². The summed E-state index contributed by atoms with van der Waals surface area (Å²) in [7, 11) is 0. The summed E-state index contributed by atoms with van der Waals surface area (Å²) < 4.78 is 12.4. The maximum Gasteiger partial charge on any atom is 0.270 e. The van der Waals surface area contributed by atoms with Crippen molar-refractivity contribution in [3.63, 3.8) is 0 Å². The zero-order valence-electron chi connectivity index (χ0n) is 15.0. The smallest absolute Gasteiger partial charge is 0.270 e. The van der Waals surface area contributed by atoms with Gasteiger partial charge >= 0.3 is 0 Å². The predicted octanol–water partition coefficient (Wildman–Crippen LogP) is 1.09. The third kappa shape index (κ3) is 2.66. The molecule has 0 spiro atoms. The van der Waals surface area contributed by atoms with E-state index in [2.05, 4.69) is 9.97 Å². The lowest BCUT2D eigenvalue weighted by Gasteiger charge is -2.25. The van der Waals surface area contributed by atoms with Gasteiger partial charge in [-0.05, 0) is 18.6 Å². The molecule has 2 aliphatic rings. The quantitative estimate of drug-likeness (QED) is 0.706. The van der Waals surface area contributed by atoms with Gasteiger partial charge in [-0.1, -0.05) is 0 Å². The molecule has 1 amide bonds. The van der Waals surface area contributed by atoms with E-state index >= 15 is 0 Å². The summed E-state index contributed by atoms with van der Waals surface area (Å²) in [4.78, 5) is 35.9. The second kappa shape index (κ2) is 6.45. The van der Waals surface area contributed by atoms with E-state index in [-0.39, 0.29) is 29.4 Å². The van der Waals surface area contributed by atoms with Crippen LogP contribution in [0.4, 0.5) is 0 Å². The molecule has 0 aliphatic carbocycles. The van der Waals surface area contributed by atoms with Crippen molar-refractivity contribution in [3.05, 3.63) is 57.8 Å². The van der Waals surface area contributed by atoms with Crippen LogP contribution in [-0.4, -0.2) is 50.0 Å². The van der Waals surface area contributed by atoms with Crippen molar-refractivity contribution in [2.75, 3.05) is 19.8 Å². The molecule has 1 N–H and O–H groups in total. The van der Waals surface area contributed by atoms with Crippen LogP contribution in [0.3, 0.4) is 0 Å². The Kier molecular flexibility index (Phi) is 3.90. The summed E-state index contributed by atoms with van der Waals surface area (Å²) in [5, 5.41) is 9.83. The molecule has 144 valence electrons. The third-order valence-corrected chi connectivity index (χ3v) is 5.25. The molecule has 9 nitrogen and oxygen atoms in total. The highest BCUT2D eigenvalue weighted by Crippen LogP contribution is 2.29. The van der Waals surface area contributed by atoms with E-state index in [0.29, 0.717) is 32.1 Å². The summed E-state index contributed by atoms with van der Waals surface area (Å²) in [5.74, 6) is 1.10. The fourth-order valence-corrected chi connectivity index (χ4v) is 3.70. The molecule has 1 saturated heterocycles. The van der Waals surface area contributed by atoms with Crippen LogP contribution in [0.25, 0.3) is 5.65 Å². The number of hydrogen-bond acceptors (Lipinski definition) is 7. The number of fused-ring (bicyclic) bond motifs is 2. The van der Waals surface area contributed by atoms with Gasteiger partial charge in [0, 0.05) is 32.0 Å². The number of carbonyl (C=O) groups is 1. The molecule has 0 aromatic carbocycles. The Morgan fingerprint density at radius 3 is 3.07 bits per heavy atom. The molecule has 1 unspecified atom stereocenters. The van der Waals surface area contributed by atoms with Gasteiger partial charge in [-0.25, -0.2) is 9.97 Å². The lowest BCUT2D eigenvalue weighted by Crippen LogP contribution is -2.39. The number of nitrogens with zero attached hydrogens (tertiary/aromatic N) is 4. The highest BCUT2D eigenvalue weighted by atomic mass is 16.5. The molecule has 1 fully saturated rings. The predicted molar refractivity (Wildman–Crippen MR) is 96.3 cm³/mol. The first-order chi connectivity index (χ1) is 13.6. The molecule has 1 atom stereocenters. The first-order valence-corrected chi connectivity index (χ1v) is 9.16. The van der Waals surface area contributed by atoms with Gasteiger partial charge in [-0.3, -0.25) is 14.0 Å². The fraction of sp³-hybridized carbons (Fsp3) is 0.368. The van der Waals surface area contributed by atoms with Crippen LogP contribution in [0, 0.1) is 0 Å². The second-order valence-corrected chi connectivity index (χ2v) is 7.02. The van der Waals surface area contributed by atoms with Gasteiger partial charge in [0.15, 0.2) is 17.3 Å². The van der Waals surface area contributed by atoms with Crippen LogP contribution < -0.4 is 5.56 Å². The number of ether oxygens (including phenoxy) is 1. The average molecular weight is 382 g/mol. The number of hydrogen-bond donors (Lipinski definition) is 1. The summed E-state index contributed by atoms with van der Waals surface area (Å²) in [6.45, 7) is 2.03. The second-order valence-electron chi connectivity index (χ2n) is 7.02. The van der Waals surface area contributed by atoms with Crippen molar-refractivity contribution < 1.29 is 19.1 Å². The van der Waals surface area contributed by atoms with E-state index in [0.717, 1.165) is 17.9 Å². The van der Waals surface area contributed by atoms with Gasteiger partial charge in [0.1, 0.15) is 17.0 Å². The highest BCUT2D eigenvalue weighted by Gasteiger charge is 2.30. The monoisotopic (exact) mass is 382 g/mol. The number of rotatable bonds is 2. The molecule has 0 saturated carbocycles. The number of aromatic hydroxyl groups is 1. The Labute approximate surface area is 159 Å². The molecule has 5 rings (SSSR count). The summed E-state index contributed by atoms with van der Waals surface area (Å²) >= 11 is 0. The minimum absolute atomic E-state index is 0.0422. The van der Waals surface area contributed by atoms with E-state index in [1.165, 1.54) is 28.9 Å². The van der Waals surface area contributed by atoms with E-state index in [9.17, 15) is 14.7 Å². The lowest BCUT2D eigenvalue weighted by atomic mass is 10.1. The third-order valence-electron chi connectivity index (χ3n) is 5.25. The van der Waals surface area contributed by atoms with E-state index in [1.807, 2.05) is 0 Å². The van der Waals surface area contributed by atoms with Crippen molar-refractivity contribution in [3.8, 4) is 5.75 Å². The normalized spacial score (nSPS) is 19.1. The number of amides is 1. The van der Waals surface area contributed by atoms with E-state index < -0.39 is 11.5 Å². The average Bonchev–Trinajstić information content (AvgIpc) is 3.37. The van der Waals surface area contributed by atoms with Crippen LogP contribution in [0.1, 0.15) is 40.0 Å². The zero-order chi connectivity index (χ0) is 19.3. The molecule has 3 aromatic heterocycles. The molecule has 0 bridgehead atoms. The summed E-state index contributed by atoms with van der Waals surface area (Å²) in [6.07, 6.45) is 4.13. The SMILES string of the molecule is O=C(c1cnc2c(O)cccn2c1=O)N1CCc2oc(C3CCOC3)nc2C1. The van der Waals surface area contributed by atoms with Crippen LogP contribution >= 0.6 is 0 Å². The maximum absolute atomic E-state index is 13.0. The molecule has 9 heteroatoms. The largest absolute Gasteiger partial charge is 0.504 e. The van der Waals surface area contributed by atoms with Crippen molar-refractivity contribution in [1.29, 1.82) is 0 Å². The van der Waals surface area contributed by atoms with E-state index in [4.69, 9.17) is 9.15 Å². The maximum atomic E-state index is 13.0. The minimum Gasteiger partial charge on any atom is -0.504 e. The summed E-state index contributed by atoms with van der Waals surface area (Å²) in [6, 6.07) is 2.96. The van der Waals surface area contributed by atoms with Crippen molar-refractivity contribution in [2.24, 2.45) is 0 Å². The van der Waals surface area contributed by atoms with Crippen molar-refractivity contribution in [1.82, 2.24) is 19.3 Å². The van der Waals surface area contributed by atoms with Crippen molar-refractivity contribution in [2.45, 2.75) is 25.3 Å². The molecule has 2 aliphatic heterocycles. The molecular formula is C19H18N4O5. The molecule has 28 heavy (non-hydrogen) atoms. The summed E-state index contributed by atoms with van der Waals surface area (Å²) in [5.41, 5.74) is 0.290. The van der Waals surface area contributed by atoms with Gasteiger partial charge in [-0.2, -0.15) is 0 Å². The molecule has 3 aromatic rings. The number of pyridine rings is 1. The van der Waals surface area contributed by atoms with Gasteiger partial charge in [-0.15, -0.1) is 0 Å². The number of oxazole rings is 1. The van der Waals surface area contributed by atoms with Crippen LogP contribution in [0.15, 0.2) is 33.7 Å². The van der Waals surface area contributed by atoms with Crippen LogP contribution in [0.5, 0.6) is 5.75 Å². The minimum atomic E-state index is -0.513. The van der Waals surface area contributed by atoms with Gasteiger partial charge < -0.3 is 19.2 Å². The highest BCUT2D eigenvalue weighted by molar-refractivity contribution is 5.94. The van der Waals surface area contributed by atoms with Gasteiger partial charge in [0.2, 0.25) is 0 Å². The lowest BCUT2D eigenvalue weighted by molar-refractivity contribution is 0.0725. The van der Waals surface area contributed by atoms with Gasteiger partial charge in [0.25, 0.3) is 11.5 Å². The Morgan fingerprint density at radius 1 is 1.36 bits per heavy atom. The standard InChI is InChI=1S/C19H18N4O5/c24-14-2-1-5-23-16(14)20-8-12(19(23)26)18(25)22-6-3-15-13(9-22)21-17(28-15)11-4-7-27-10-11/h1-2,5,8,11,24H,3-4,6-7,9-10H2. The van der Waals surface area contributed by atoms with Crippen molar-refractivity contribution >= 4 is 11.6 Å². The van der Waals surface area contributed by atoms with Gasteiger partial charge in [0.05, 0.1) is 19.1 Å². The molecule has 0 radical (unpaired) electrons. The molecular weight excluding hydrogens is 364 g/mol. The Bertz CT molecular complexity index is 1130. The zero-order valence-corrected chi connectivity index (χ0v) is 15.0. The molecule has 5 heterocycles. The Hall–Kier alpha value is -3.20. The Balaban J connectivity index is 1.43. The Morgan fingerprint density at radius 2 is 2.25 bits per heavy atom. The first-order valence-electron chi connectivity index (χ1n) is 9.16. The fourth-order valence-electron chi connectivity index (χ4n) is 3.70. The van der Waals surface area contributed by atoms with Crippen LogP contribution in [0.2, 0.25) is 0 Å².